The van der Waals surface area contributed by atoms with Crippen LogP contribution < -0.4 is 4.74 Å². The van der Waals surface area contributed by atoms with Crippen molar-refractivity contribution in [1.29, 1.82) is 0 Å². The van der Waals surface area contributed by atoms with Crippen LogP contribution in [0.2, 0.25) is 0 Å². The third kappa shape index (κ3) is 3.76. The molecule has 0 amide bonds. The summed E-state index contributed by atoms with van der Waals surface area (Å²) in [6, 6.07) is 8.47. The van der Waals surface area contributed by atoms with Crippen LogP contribution in [0.3, 0.4) is 0 Å². The number of fused-ring (bicyclic) bond motifs is 1. The SMILES string of the molecule is CCCCCCCC1CCc2ccccc2O1. The molecular formula is C16H24O. The van der Waals surface area contributed by atoms with Crippen LogP contribution in [-0.2, 0) is 6.42 Å². The van der Waals surface area contributed by atoms with Crippen molar-refractivity contribution in [1.82, 2.24) is 0 Å². The highest BCUT2D eigenvalue weighted by molar-refractivity contribution is 5.35. The normalized spacial score (nSPS) is 18.5. The fourth-order valence-corrected chi connectivity index (χ4v) is 2.56. The molecule has 2 rings (SSSR count). The lowest BCUT2D eigenvalue weighted by Gasteiger charge is -2.26. The molecule has 17 heavy (non-hydrogen) atoms. The third-order valence-corrected chi connectivity index (χ3v) is 3.63. The van der Waals surface area contributed by atoms with Crippen LogP contribution in [0.1, 0.15) is 57.4 Å². The summed E-state index contributed by atoms with van der Waals surface area (Å²) in [5.74, 6) is 1.12. The van der Waals surface area contributed by atoms with Crippen molar-refractivity contribution in [2.45, 2.75) is 64.4 Å². The van der Waals surface area contributed by atoms with Gasteiger partial charge in [-0.1, -0.05) is 50.8 Å². The summed E-state index contributed by atoms with van der Waals surface area (Å²) in [5, 5.41) is 0. The number of unbranched alkanes of at least 4 members (excludes halogenated alkanes) is 4. The standard InChI is InChI=1S/C16H24O/c1-2-3-4-5-6-10-15-13-12-14-9-7-8-11-16(14)17-15/h7-9,11,15H,2-6,10,12-13H2,1H3. The number of ether oxygens (including phenoxy) is 1. The van der Waals surface area contributed by atoms with E-state index in [0.717, 1.165) is 5.75 Å². The van der Waals surface area contributed by atoms with Crippen molar-refractivity contribution in [3.8, 4) is 5.75 Å². The minimum absolute atomic E-state index is 0.464. The monoisotopic (exact) mass is 232 g/mol. The predicted molar refractivity (Wildman–Crippen MR) is 72.6 cm³/mol. The molecule has 1 heteroatoms. The van der Waals surface area contributed by atoms with E-state index in [1.807, 2.05) is 0 Å². The summed E-state index contributed by atoms with van der Waals surface area (Å²) in [4.78, 5) is 0. The van der Waals surface area contributed by atoms with E-state index in [1.165, 1.54) is 56.9 Å². The van der Waals surface area contributed by atoms with Gasteiger partial charge in [-0.3, -0.25) is 0 Å². The molecule has 1 atom stereocenters. The Kier molecular flexibility index (Phi) is 4.90. The zero-order valence-electron chi connectivity index (χ0n) is 11.0. The first kappa shape index (κ1) is 12.5. The Bertz CT molecular complexity index is 332. The Morgan fingerprint density at radius 2 is 1.94 bits per heavy atom. The van der Waals surface area contributed by atoms with E-state index in [2.05, 4.69) is 31.2 Å². The second-order valence-electron chi connectivity index (χ2n) is 5.09. The first-order valence-corrected chi connectivity index (χ1v) is 7.14. The second kappa shape index (κ2) is 6.68. The lowest BCUT2D eigenvalue weighted by Crippen LogP contribution is -2.22. The van der Waals surface area contributed by atoms with Gasteiger partial charge in [-0.05, 0) is 37.3 Å². The highest BCUT2D eigenvalue weighted by Gasteiger charge is 2.18. The Hall–Kier alpha value is -0.980. The van der Waals surface area contributed by atoms with Gasteiger partial charge in [-0.15, -0.1) is 0 Å². The fourth-order valence-electron chi connectivity index (χ4n) is 2.56. The maximum Gasteiger partial charge on any atom is 0.122 e. The first-order chi connectivity index (χ1) is 8.40. The van der Waals surface area contributed by atoms with Gasteiger partial charge in [-0.25, -0.2) is 0 Å². The largest absolute Gasteiger partial charge is 0.490 e. The molecule has 0 fully saturated rings. The lowest BCUT2D eigenvalue weighted by molar-refractivity contribution is 0.160. The topological polar surface area (TPSA) is 9.23 Å². The van der Waals surface area contributed by atoms with Crippen molar-refractivity contribution in [3.05, 3.63) is 29.8 Å². The molecule has 0 radical (unpaired) electrons. The zero-order valence-corrected chi connectivity index (χ0v) is 11.0. The Balaban J connectivity index is 1.71. The predicted octanol–water partition coefficient (Wildman–Crippen LogP) is 4.74. The van der Waals surface area contributed by atoms with Gasteiger partial charge in [0, 0.05) is 0 Å². The maximum atomic E-state index is 6.04. The van der Waals surface area contributed by atoms with Crippen molar-refractivity contribution in [3.63, 3.8) is 0 Å². The highest BCUT2D eigenvalue weighted by atomic mass is 16.5. The van der Waals surface area contributed by atoms with Gasteiger partial charge >= 0.3 is 0 Å². The molecule has 0 aromatic heterocycles. The lowest BCUT2D eigenvalue weighted by atomic mass is 9.98. The molecule has 1 aromatic carbocycles. The number of aryl methyl sites for hydroxylation is 1. The number of hydrogen-bond donors (Lipinski definition) is 0. The Morgan fingerprint density at radius 3 is 2.82 bits per heavy atom. The van der Waals surface area contributed by atoms with Crippen LogP contribution in [-0.4, -0.2) is 6.10 Å². The fraction of sp³-hybridized carbons (Fsp3) is 0.625. The molecule has 1 unspecified atom stereocenters. The van der Waals surface area contributed by atoms with Crippen molar-refractivity contribution < 1.29 is 4.74 Å². The number of rotatable bonds is 6. The Labute approximate surface area is 105 Å². The molecule has 0 saturated heterocycles. The van der Waals surface area contributed by atoms with E-state index in [4.69, 9.17) is 4.74 Å². The summed E-state index contributed by atoms with van der Waals surface area (Å²) in [5.41, 5.74) is 1.38. The number of para-hydroxylation sites is 1. The van der Waals surface area contributed by atoms with Gasteiger partial charge in [0.15, 0.2) is 0 Å². The number of benzene rings is 1. The van der Waals surface area contributed by atoms with Crippen molar-refractivity contribution in [2.75, 3.05) is 0 Å². The minimum Gasteiger partial charge on any atom is -0.490 e. The first-order valence-electron chi connectivity index (χ1n) is 7.14. The molecule has 1 nitrogen and oxygen atoms in total. The molecule has 94 valence electrons. The zero-order chi connectivity index (χ0) is 11.9. The average molecular weight is 232 g/mol. The van der Waals surface area contributed by atoms with Gasteiger partial charge in [0.05, 0.1) is 6.10 Å². The quantitative estimate of drug-likeness (QED) is 0.644. The molecular weight excluding hydrogens is 208 g/mol. The van der Waals surface area contributed by atoms with Crippen LogP contribution in [0, 0.1) is 0 Å². The second-order valence-corrected chi connectivity index (χ2v) is 5.09. The third-order valence-electron chi connectivity index (χ3n) is 3.63. The molecule has 1 heterocycles. The smallest absolute Gasteiger partial charge is 0.122 e. The van der Waals surface area contributed by atoms with Gasteiger partial charge in [0.25, 0.3) is 0 Å². The summed E-state index contributed by atoms with van der Waals surface area (Å²) < 4.78 is 6.04. The summed E-state index contributed by atoms with van der Waals surface area (Å²) in [7, 11) is 0. The molecule has 1 aliphatic heterocycles. The van der Waals surface area contributed by atoms with Crippen LogP contribution in [0.25, 0.3) is 0 Å². The summed E-state index contributed by atoms with van der Waals surface area (Å²) >= 11 is 0. The van der Waals surface area contributed by atoms with Crippen molar-refractivity contribution >= 4 is 0 Å². The van der Waals surface area contributed by atoms with Gasteiger partial charge in [0.2, 0.25) is 0 Å². The molecule has 1 aromatic rings. The van der Waals surface area contributed by atoms with E-state index < -0.39 is 0 Å². The average Bonchev–Trinajstić information content (AvgIpc) is 2.38. The maximum absolute atomic E-state index is 6.04. The van der Waals surface area contributed by atoms with E-state index in [1.54, 1.807) is 0 Å². The Morgan fingerprint density at radius 1 is 1.12 bits per heavy atom. The minimum atomic E-state index is 0.464. The molecule has 0 saturated carbocycles. The van der Waals surface area contributed by atoms with Crippen LogP contribution >= 0.6 is 0 Å². The van der Waals surface area contributed by atoms with E-state index >= 15 is 0 Å². The summed E-state index contributed by atoms with van der Waals surface area (Å²) in [6.07, 6.45) is 10.9. The molecule has 0 N–H and O–H groups in total. The van der Waals surface area contributed by atoms with Crippen LogP contribution in [0.5, 0.6) is 5.75 Å². The van der Waals surface area contributed by atoms with E-state index in [9.17, 15) is 0 Å². The van der Waals surface area contributed by atoms with Crippen LogP contribution in [0.4, 0.5) is 0 Å². The van der Waals surface area contributed by atoms with Crippen molar-refractivity contribution in [2.24, 2.45) is 0 Å². The molecule has 1 aliphatic rings. The van der Waals surface area contributed by atoms with Gasteiger partial charge in [0.1, 0.15) is 5.75 Å². The molecule has 0 spiro atoms. The highest BCUT2D eigenvalue weighted by Crippen LogP contribution is 2.28. The number of hydrogen-bond acceptors (Lipinski definition) is 1. The van der Waals surface area contributed by atoms with Gasteiger partial charge < -0.3 is 4.74 Å². The van der Waals surface area contributed by atoms with Gasteiger partial charge in [-0.2, -0.15) is 0 Å². The van der Waals surface area contributed by atoms with E-state index in [0.29, 0.717) is 6.10 Å². The van der Waals surface area contributed by atoms with E-state index in [-0.39, 0.29) is 0 Å². The van der Waals surface area contributed by atoms with Crippen LogP contribution in [0.15, 0.2) is 24.3 Å². The summed E-state index contributed by atoms with van der Waals surface area (Å²) in [6.45, 7) is 2.27. The molecule has 0 bridgehead atoms. The molecule has 0 aliphatic carbocycles.